The van der Waals surface area contributed by atoms with Crippen molar-refractivity contribution in [1.29, 1.82) is 0 Å². The molecule has 1 aromatic rings. The quantitative estimate of drug-likeness (QED) is 0.678. The van der Waals surface area contributed by atoms with E-state index in [1.165, 1.54) is 5.57 Å². The van der Waals surface area contributed by atoms with E-state index < -0.39 is 5.54 Å². The summed E-state index contributed by atoms with van der Waals surface area (Å²) in [5, 5.41) is 3.14. The van der Waals surface area contributed by atoms with Gasteiger partial charge in [-0.2, -0.15) is 0 Å². The van der Waals surface area contributed by atoms with Crippen LogP contribution in [0.3, 0.4) is 0 Å². The Labute approximate surface area is 208 Å². The summed E-state index contributed by atoms with van der Waals surface area (Å²) in [6.07, 6.45) is 7.63. The van der Waals surface area contributed by atoms with Gasteiger partial charge in [-0.05, 0) is 65.0 Å². The largest absolute Gasteiger partial charge is 0.356 e. The molecular formula is C28H38N4O3. The molecule has 2 bridgehead atoms. The first kappa shape index (κ1) is 24.0. The van der Waals surface area contributed by atoms with Crippen LogP contribution in [-0.4, -0.2) is 66.3 Å². The molecule has 35 heavy (non-hydrogen) atoms. The zero-order valence-electron chi connectivity index (χ0n) is 21.1. The predicted molar refractivity (Wildman–Crippen MR) is 136 cm³/mol. The molecule has 0 aliphatic carbocycles. The van der Waals surface area contributed by atoms with E-state index in [1.54, 1.807) is 0 Å². The minimum absolute atomic E-state index is 0.0231. The van der Waals surface area contributed by atoms with Gasteiger partial charge in [0.15, 0.2) is 0 Å². The molecule has 188 valence electrons. The highest BCUT2D eigenvalue weighted by molar-refractivity contribution is 6.10. The van der Waals surface area contributed by atoms with Crippen LogP contribution in [0, 0.1) is 5.92 Å². The summed E-state index contributed by atoms with van der Waals surface area (Å²) >= 11 is 0. The van der Waals surface area contributed by atoms with E-state index >= 15 is 0 Å². The zero-order chi connectivity index (χ0) is 24.6. The van der Waals surface area contributed by atoms with Crippen LogP contribution < -0.4 is 10.2 Å². The Morgan fingerprint density at radius 3 is 2.71 bits per heavy atom. The van der Waals surface area contributed by atoms with E-state index in [9.17, 15) is 14.4 Å². The lowest BCUT2D eigenvalue weighted by atomic mass is 9.78. The number of allylic oxidation sites excluding steroid dienone is 2. The molecule has 0 saturated carbocycles. The van der Waals surface area contributed by atoms with Gasteiger partial charge >= 0.3 is 0 Å². The summed E-state index contributed by atoms with van der Waals surface area (Å²) in [6, 6.07) is 8.33. The second-order valence-corrected chi connectivity index (χ2v) is 10.7. The molecule has 7 nitrogen and oxygen atoms in total. The van der Waals surface area contributed by atoms with Crippen molar-refractivity contribution in [2.24, 2.45) is 5.92 Å². The number of benzene rings is 1. The van der Waals surface area contributed by atoms with E-state index in [4.69, 9.17) is 0 Å². The van der Waals surface area contributed by atoms with Gasteiger partial charge in [0.25, 0.3) is 5.91 Å². The fourth-order valence-corrected chi connectivity index (χ4v) is 6.81. The summed E-state index contributed by atoms with van der Waals surface area (Å²) in [4.78, 5) is 47.0. The maximum atomic E-state index is 14.3. The van der Waals surface area contributed by atoms with Crippen LogP contribution in [0.15, 0.2) is 35.9 Å². The number of hydrogen-bond acceptors (Lipinski definition) is 4. The highest BCUT2D eigenvalue weighted by Crippen LogP contribution is 2.57. The lowest BCUT2D eigenvalue weighted by Crippen LogP contribution is -2.56. The maximum Gasteiger partial charge on any atom is 0.253 e. The Morgan fingerprint density at radius 2 is 1.89 bits per heavy atom. The van der Waals surface area contributed by atoms with Crippen LogP contribution in [-0.2, 0) is 19.9 Å². The van der Waals surface area contributed by atoms with Crippen LogP contribution in [0.2, 0.25) is 0 Å². The lowest BCUT2D eigenvalue weighted by Gasteiger charge is -2.37. The first-order chi connectivity index (χ1) is 16.9. The first-order valence-corrected chi connectivity index (χ1v) is 13.3. The standard InChI is InChI=1S/C28H38N4O3/c1-20(2)9-5-13-25(33)30-15-7-14-29-26(34)23-19-21-10-6-18-32(21)28(23)22-11-3-4-12-24(22)31(27(28)35)17-8-16-30/h3-4,9,11-12,21,23H,5-8,10,13-19H2,1-2H3,(H,29,34)/t21-,23+,28+/m0/s1. The third-order valence-electron chi connectivity index (χ3n) is 8.31. The molecule has 4 aliphatic rings. The molecule has 1 N–H and O–H groups in total. The Morgan fingerprint density at radius 1 is 1.09 bits per heavy atom. The average molecular weight is 479 g/mol. The highest BCUT2D eigenvalue weighted by Gasteiger charge is 2.66. The summed E-state index contributed by atoms with van der Waals surface area (Å²) in [5.74, 6) is -0.215. The van der Waals surface area contributed by atoms with Crippen molar-refractivity contribution < 1.29 is 14.4 Å². The third-order valence-corrected chi connectivity index (χ3v) is 8.31. The van der Waals surface area contributed by atoms with Crippen molar-refractivity contribution in [3.05, 3.63) is 41.5 Å². The first-order valence-electron chi connectivity index (χ1n) is 13.3. The minimum Gasteiger partial charge on any atom is -0.356 e. The van der Waals surface area contributed by atoms with E-state index in [0.717, 1.165) is 56.3 Å². The van der Waals surface area contributed by atoms with Gasteiger partial charge in [-0.3, -0.25) is 19.3 Å². The molecule has 1 spiro atoms. The van der Waals surface area contributed by atoms with Gasteiger partial charge in [0, 0.05) is 49.9 Å². The minimum atomic E-state index is -0.893. The monoisotopic (exact) mass is 478 g/mol. The molecule has 0 radical (unpaired) electrons. The number of amides is 3. The molecule has 0 unspecified atom stereocenters. The normalized spacial score (nSPS) is 28.9. The highest BCUT2D eigenvalue weighted by atomic mass is 16.2. The number of para-hydroxylation sites is 1. The van der Waals surface area contributed by atoms with Gasteiger partial charge in [-0.25, -0.2) is 0 Å². The molecule has 4 heterocycles. The summed E-state index contributed by atoms with van der Waals surface area (Å²) in [7, 11) is 0. The van der Waals surface area contributed by atoms with Gasteiger partial charge in [0.2, 0.25) is 11.8 Å². The number of nitrogens with one attached hydrogen (secondary N) is 1. The number of nitrogens with zero attached hydrogens (tertiary/aromatic N) is 3. The van der Waals surface area contributed by atoms with E-state index in [-0.39, 0.29) is 29.7 Å². The smallest absolute Gasteiger partial charge is 0.253 e. The number of carbonyl (C=O) groups is 3. The molecule has 3 atom stereocenters. The third kappa shape index (κ3) is 4.07. The molecule has 5 rings (SSSR count). The Balaban J connectivity index is 1.44. The van der Waals surface area contributed by atoms with Gasteiger partial charge < -0.3 is 15.1 Å². The van der Waals surface area contributed by atoms with Crippen LogP contribution in [0.4, 0.5) is 5.69 Å². The van der Waals surface area contributed by atoms with Crippen LogP contribution in [0.1, 0.15) is 64.4 Å². The number of rotatable bonds is 3. The second kappa shape index (κ2) is 9.76. The van der Waals surface area contributed by atoms with Crippen molar-refractivity contribution in [1.82, 2.24) is 15.1 Å². The maximum absolute atomic E-state index is 14.3. The molecule has 3 saturated heterocycles. The van der Waals surface area contributed by atoms with Crippen molar-refractivity contribution in [3.8, 4) is 0 Å². The number of fused-ring (bicyclic) bond motifs is 4. The topological polar surface area (TPSA) is 73.0 Å². The summed E-state index contributed by atoms with van der Waals surface area (Å²) in [5.41, 5.74) is 2.24. The number of anilines is 1. The summed E-state index contributed by atoms with van der Waals surface area (Å²) < 4.78 is 0. The fraction of sp³-hybridized carbons (Fsp3) is 0.607. The summed E-state index contributed by atoms with van der Waals surface area (Å²) in [6.45, 7) is 7.28. The Hall–Kier alpha value is -2.67. The molecule has 3 fully saturated rings. The Bertz CT molecular complexity index is 1030. The van der Waals surface area contributed by atoms with Gasteiger partial charge in [0.1, 0.15) is 5.54 Å². The SMILES string of the molecule is CC(C)=CCCC(=O)N1CCCNC(=O)[C@H]2C[C@@H]3CCCN3[C@@]23C(=O)N(CCC1)c1ccccc13. The molecule has 0 aromatic heterocycles. The fourth-order valence-electron chi connectivity index (χ4n) is 6.81. The number of carbonyl (C=O) groups excluding carboxylic acids is 3. The molecule has 1 aromatic carbocycles. The average Bonchev–Trinajstić information content (AvgIpc) is 3.49. The van der Waals surface area contributed by atoms with E-state index in [1.807, 2.05) is 41.8 Å². The Kier molecular flexibility index (Phi) is 6.71. The molecule has 4 aliphatic heterocycles. The van der Waals surface area contributed by atoms with Crippen molar-refractivity contribution in [2.75, 3.05) is 37.6 Å². The van der Waals surface area contributed by atoms with E-state index in [2.05, 4.69) is 22.4 Å². The van der Waals surface area contributed by atoms with Gasteiger partial charge in [0.05, 0.1) is 5.92 Å². The van der Waals surface area contributed by atoms with Crippen molar-refractivity contribution in [2.45, 2.75) is 70.4 Å². The van der Waals surface area contributed by atoms with Crippen molar-refractivity contribution >= 4 is 23.4 Å². The predicted octanol–water partition coefficient (Wildman–Crippen LogP) is 3.20. The molecular weight excluding hydrogens is 440 g/mol. The second-order valence-electron chi connectivity index (χ2n) is 10.7. The number of hydrogen-bond donors (Lipinski definition) is 1. The van der Waals surface area contributed by atoms with Gasteiger partial charge in [-0.1, -0.05) is 29.8 Å². The zero-order valence-corrected chi connectivity index (χ0v) is 21.1. The van der Waals surface area contributed by atoms with Crippen LogP contribution in [0.25, 0.3) is 0 Å². The molecule has 7 heteroatoms. The lowest BCUT2D eigenvalue weighted by molar-refractivity contribution is -0.138. The molecule has 3 amide bonds. The van der Waals surface area contributed by atoms with Crippen molar-refractivity contribution in [3.63, 3.8) is 0 Å². The van der Waals surface area contributed by atoms with Crippen LogP contribution >= 0.6 is 0 Å². The van der Waals surface area contributed by atoms with Crippen LogP contribution in [0.5, 0.6) is 0 Å². The van der Waals surface area contributed by atoms with Gasteiger partial charge in [-0.15, -0.1) is 0 Å². The van der Waals surface area contributed by atoms with E-state index in [0.29, 0.717) is 32.6 Å².